The van der Waals surface area contributed by atoms with Gasteiger partial charge in [-0.2, -0.15) is 0 Å². The summed E-state index contributed by atoms with van der Waals surface area (Å²) in [6.45, 7) is 2.58. The lowest BCUT2D eigenvalue weighted by Gasteiger charge is -2.41. The van der Waals surface area contributed by atoms with Crippen LogP contribution in [0.4, 0.5) is 0 Å². The summed E-state index contributed by atoms with van der Waals surface area (Å²) < 4.78 is 5.35. The first-order chi connectivity index (χ1) is 12.6. The predicted octanol–water partition coefficient (Wildman–Crippen LogP) is 3.44. The molecule has 1 aliphatic carbocycles. The number of carbonyl (C=O) groups excluding carboxylic acids is 2. The van der Waals surface area contributed by atoms with Gasteiger partial charge in [-0.05, 0) is 43.9 Å². The lowest BCUT2D eigenvalue weighted by Crippen LogP contribution is -2.49. The predicted molar refractivity (Wildman–Crippen MR) is 101 cm³/mol. The third-order valence-corrected chi connectivity index (χ3v) is 5.77. The molecular weight excluding hydrogens is 328 g/mol. The summed E-state index contributed by atoms with van der Waals surface area (Å²) in [4.78, 5) is 27.4. The Labute approximate surface area is 156 Å². The van der Waals surface area contributed by atoms with Crippen LogP contribution >= 0.6 is 0 Å². The molecule has 5 nitrogen and oxygen atoms in total. The number of ether oxygens (including phenoxy) is 1. The topological polar surface area (TPSA) is 58.6 Å². The monoisotopic (exact) mass is 358 g/mol. The Morgan fingerprint density at radius 1 is 1.23 bits per heavy atom. The zero-order valence-corrected chi connectivity index (χ0v) is 15.9. The van der Waals surface area contributed by atoms with E-state index in [1.165, 1.54) is 19.3 Å². The van der Waals surface area contributed by atoms with Crippen molar-refractivity contribution in [1.82, 2.24) is 10.2 Å². The number of nitrogens with one attached hydrogen (secondary N) is 1. The van der Waals surface area contributed by atoms with Gasteiger partial charge in [-0.15, -0.1) is 0 Å². The SMILES string of the molecule is CCN1C(=O)CC[C@@H](C(=O)NC2CCCCC2)[C@@H]1c1cccc(OC)c1. The molecule has 5 heteroatoms. The van der Waals surface area contributed by atoms with Crippen LogP contribution in [0.1, 0.15) is 63.5 Å². The zero-order valence-electron chi connectivity index (χ0n) is 15.9. The van der Waals surface area contributed by atoms with Crippen molar-refractivity contribution < 1.29 is 14.3 Å². The van der Waals surface area contributed by atoms with E-state index < -0.39 is 0 Å². The number of nitrogens with zero attached hydrogens (tertiary/aromatic N) is 1. The molecule has 2 atom stereocenters. The summed E-state index contributed by atoms with van der Waals surface area (Å²) in [6, 6.07) is 7.83. The molecular formula is C21H30N2O3. The van der Waals surface area contributed by atoms with Gasteiger partial charge in [0.05, 0.1) is 19.1 Å². The summed E-state index contributed by atoms with van der Waals surface area (Å²) in [5.41, 5.74) is 0.975. The van der Waals surface area contributed by atoms with Gasteiger partial charge in [0.15, 0.2) is 0 Å². The van der Waals surface area contributed by atoms with Gasteiger partial charge >= 0.3 is 0 Å². The van der Waals surface area contributed by atoms with Crippen molar-refractivity contribution >= 4 is 11.8 Å². The molecule has 1 saturated heterocycles. The second kappa shape index (κ2) is 8.56. The summed E-state index contributed by atoms with van der Waals surface area (Å²) in [6.07, 6.45) is 6.83. The van der Waals surface area contributed by atoms with Crippen LogP contribution in [0.15, 0.2) is 24.3 Å². The van der Waals surface area contributed by atoms with Crippen LogP contribution < -0.4 is 10.1 Å². The van der Waals surface area contributed by atoms with Crippen molar-refractivity contribution in [2.75, 3.05) is 13.7 Å². The Bertz CT molecular complexity index is 640. The highest BCUT2D eigenvalue weighted by molar-refractivity contribution is 5.85. The molecule has 0 unspecified atom stereocenters. The first kappa shape index (κ1) is 18.7. The summed E-state index contributed by atoms with van der Waals surface area (Å²) in [7, 11) is 1.63. The van der Waals surface area contributed by atoms with Crippen molar-refractivity contribution in [2.24, 2.45) is 5.92 Å². The second-order valence-electron chi connectivity index (χ2n) is 7.39. The average Bonchev–Trinajstić information content (AvgIpc) is 2.68. The molecule has 1 N–H and O–H groups in total. The number of likely N-dealkylation sites (tertiary alicyclic amines) is 1. The van der Waals surface area contributed by atoms with E-state index >= 15 is 0 Å². The Morgan fingerprint density at radius 2 is 2.00 bits per heavy atom. The first-order valence-electron chi connectivity index (χ1n) is 9.87. The highest BCUT2D eigenvalue weighted by Crippen LogP contribution is 2.38. The van der Waals surface area contributed by atoms with Crippen LogP contribution in [-0.2, 0) is 9.59 Å². The van der Waals surface area contributed by atoms with Gasteiger partial charge in [-0.1, -0.05) is 31.4 Å². The summed E-state index contributed by atoms with van der Waals surface area (Å²) in [5.74, 6) is 0.766. The Kier molecular flexibility index (Phi) is 6.17. The van der Waals surface area contributed by atoms with Gasteiger partial charge in [0.2, 0.25) is 11.8 Å². The van der Waals surface area contributed by atoms with Crippen molar-refractivity contribution in [3.63, 3.8) is 0 Å². The molecule has 1 heterocycles. The molecule has 26 heavy (non-hydrogen) atoms. The van der Waals surface area contributed by atoms with Crippen LogP contribution in [0, 0.1) is 5.92 Å². The number of benzene rings is 1. The van der Waals surface area contributed by atoms with Gasteiger partial charge in [-0.3, -0.25) is 9.59 Å². The third kappa shape index (κ3) is 4.02. The Hall–Kier alpha value is -2.04. The molecule has 2 aliphatic rings. The molecule has 3 rings (SSSR count). The molecule has 2 fully saturated rings. The Morgan fingerprint density at radius 3 is 2.69 bits per heavy atom. The van der Waals surface area contributed by atoms with E-state index in [2.05, 4.69) is 5.32 Å². The average molecular weight is 358 g/mol. The van der Waals surface area contributed by atoms with Crippen LogP contribution in [0.5, 0.6) is 5.75 Å². The van der Waals surface area contributed by atoms with Gasteiger partial charge in [-0.25, -0.2) is 0 Å². The maximum Gasteiger partial charge on any atom is 0.225 e. The fraction of sp³-hybridized carbons (Fsp3) is 0.619. The molecule has 0 bridgehead atoms. The molecule has 1 aromatic carbocycles. The van der Waals surface area contributed by atoms with Crippen molar-refractivity contribution in [3.8, 4) is 5.75 Å². The molecule has 1 aliphatic heterocycles. The third-order valence-electron chi connectivity index (χ3n) is 5.77. The number of amides is 2. The van der Waals surface area contributed by atoms with Crippen molar-refractivity contribution in [1.29, 1.82) is 0 Å². The van der Waals surface area contributed by atoms with Crippen LogP contribution in [-0.4, -0.2) is 36.4 Å². The molecule has 0 aromatic heterocycles. The van der Waals surface area contributed by atoms with Crippen molar-refractivity contribution in [2.45, 2.75) is 64.0 Å². The van der Waals surface area contributed by atoms with Crippen LogP contribution in [0.25, 0.3) is 0 Å². The van der Waals surface area contributed by atoms with Crippen molar-refractivity contribution in [3.05, 3.63) is 29.8 Å². The van der Waals surface area contributed by atoms with Gasteiger partial charge in [0, 0.05) is 19.0 Å². The quantitative estimate of drug-likeness (QED) is 0.877. The van der Waals surface area contributed by atoms with Crippen LogP contribution in [0.2, 0.25) is 0 Å². The highest BCUT2D eigenvalue weighted by Gasteiger charge is 2.40. The Balaban J connectivity index is 1.85. The number of carbonyl (C=O) groups is 2. The smallest absolute Gasteiger partial charge is 0.225 e. The van der Waals surface area contributed by atoms with E-state index in [0.29, 0.717) is 19.4 Å². The fourth-order valence-corrected chi connectivity index (χ4v) is 4.39. The van der Waals surface area contributed by atoms with E-state index in [9.17, 15) is 9.59 Å². The molecule has 1 saturated carbocycles. The van der Waals surface area contributed by atoms with E-state index in [0.717, 1.165) is 24.2 Å². The standard InChI is InChI=1S/C21H30N2O3/c1-3-23-19(24)13-12-18(21(25)22-16-9-5-4-6-10-16)20(23)15-8-7-11-17(14-15)26-2/h7-8,11,14,16,18,20H,3-6,9-10,12-13H2,1-2H3,(H,22,25)/t18-,20+/m1/s1. The number of methoxy groups -OCH3 is 1. The fourth-order valence-electron chi connectivity index (χ4n) is 4.39. The lowest BCUT2D eigenvalue weighted by molar-refractivity contribution is -0.143. The molecule has 142 valence electrons. The first-order valence-corrected chi connectivity index (χ1v) is 9.87. The second-order valence-corrected chi connectivity index (χ2v) is 7.39. The van der Waals surface area contributed by atoms with E-state index in [1.807, 2.05) is 36.1 Å². The molecule has 2 amide bonds. The number of hydrogen-bond donors (Lipinski definition) is 1. The largest absolute Gasteiger partial charge is 0.497 e. The number of piperidine rings is 1. The normalized spacial score (nSPS) is 24.4. The maximum absolute atomic E-state index is 13.1. The number of hydrogen-bond acceptors (Lipinski definition) is 3. The van der Waals surface area contributed by atoms with Crippen LogP contribution in [0.3, 0.4) is 0 Å². The molecule has 0 radical (unpaired) electrons. The minimum atomic E-state index is -0.222. The van der Waals surface area contributed by atoms with Gasteiger partial charge < -0.3 is 15.0 Å². The minimum Gasteiger partial charge on any atom is -0.497 e. The highest BCUT2D eigenvalue weighted by atomic mass is 16.5. The summed E-state index contributed by atoms with van der Waals surface area (Å²) >= 11 is 0. The van der Waals surface area contributed by atoms with Gasteiger partial charge in [0.25, 0.3) is 0 Å². The lowest BCUT2D eigenvalue weighted by atomic mass is 9.83. The van der Waals surface area contributed by atoms with E-state index in [1.54, 1.807) is 7.11 Å². The summed E-state index contributed by atoms with van der Waals surface area (Å²) in [5, 5.41) is 3.27. The molecule has 0 spiro atoms. The molecule has 1 aromatic rings. The number of rotatable bonds is 5. The minimum absolute atomic E-state index is 0.0932. The van der Waals surface area contributed by atoms with Gasteiger partial charge in [0.1, 0.15) is 5.75 Å². The van der Waals surface area contributed by atoms with E-state index in [-0.39, 0.29) is 29.8 Å². The van der Waals surface area contributed by atoms with E-state index in [4.69, 9.17) is 4.74 Å². The maximum atomic E-state index is 13.1. The zero-order chi connectivity index (χ0) is 18.5.